The van der Waals surface area contributed by atoms with Gasteiger partial charge in [0.2, 0.25) is 15.9 Å². The molecule has 1 amide bonds. The monoisotopic (exact) mass is 370 g/mol. The maximum Gasteiger partial charge on any atom is 0.241 e. The van der Waals surface area contributed by atoms with Gasteiger partial charge in [-0.05, 0) is 61.4 Å². The molecule has 0 bridgehead atoms. The topological polar surface area (TPSA) is 75.3 Å². The van der Waals surface area contributed by atoms with Gasteiger partial charge in [0.05, 0.1) is 11.4 Å². The summed E-state index contributed by atoms with van der Waals surface area (Å²) in [4.78, 5) is 11.9. The summed E-state index contributed by atoms with van der Waals surface area (Å²) < 4.78 is 39.7. The molecule has 2 aromatic carbocycles. The normalized spacial score (nSPS) is 11.3. The lowest BCUT2D eigenvalue weighted by atomic mass is 10.2. The molecule has 5 nitrogen and oxygen atoms in total. The summed E-state index contributed by atoms with van der Waals surface area (Å²) in [6.07, 6.45) is 0. The number of carbonyl (C=O) groups is 1. The highest BCUT2D eigenvalue weighted by Gasteiger charge is 2.18. The summed E-state index contributed by atoms with van der Waals surface area (Å²) in [5, 5.41) is 3.14. The predicted octanol–water partition coefficient (Wildman–Crippen LogP) is 3.01. The summed E-state index contributed by atoms with van der Waals surface area (Å²) in [5.74, 6) is -1.05. The first-order valence-electron chi connectivity index (χ1n) is 7.01. The molecule has 0 aliphatic heterocycles. The molecule has 0 radical (unpaired) electrons. The minimum Gasteiger partial charge on any atom is -0.325 e. The van der Waals surface area contributed by atoms with Crippen LogP contribution in [0, 0.1) is 19.7 Å². The Kier molecular flexibility index (Phi) is 5.58. The summed E-state index contributed by atoms with van der Waals surface area (Å²) in [5.41, 5.74) is 1.56. The molecule has 0 aliphatic rings. The van der Waals surface area contributed by atoms with Gasteiger partial charge in [-0.3, -0.25) is 4.79 Å². The number of nitrogens with one attached hydrogen (secondary N) is 2. The summed E-state index contributed by atoms with van der Waals surface area (Å²) >= 11 is 5.84. The van der Waals surface area contributed by atoms with Crippen molar-refractivity contribution >= 4 is 33.2 Å². The van der Waals surface area contributed by atoms with E-state index in [-0.39, 0.29) is 10.5 Å². The summed E-state index contributed by atoms with van der Waals surface area (Å²) in [6.45, 7) is 2.81. The van der Waals surface area contributed by atoms with E-state index < -0.39 is 28.3 Å². The lowest BCUT2D eigenvalue weighted by Gasteiger charge is -2.11. The minimum atomic E-state index is -3.91. The molecule has 0 heterocycles. The van der Waals surface area contributed by atoms with E-state index in [1.165, 1.54) is 6.92 Å². The predicted molar refractivity (Wildman–Crippen MR) is 91.1 cm³/mol. The number of benzene rings is 2. The van der Waals surface area contributed by atoms with Crippen molar-refractivity contribution in [3.8, 4) is 0 Å². The molecular weight excluding hydrogens is 355 g/mol. The Bertz CT molecular complexity index is 885. The van der Waals surface area contributed by atoms with E-state index in [2.05, 4.69) is 10.0 Å². The van der Waals surface area contributed by atoms with Crippen LogP contribution in [-0.2, 0) is 14.8 Å². The fourth-order valence-electron chi connectivity index (χ4n) is 2.11. The Balaban J connectivity index is 2.05. The zero-order chi connectivity index (χ0) is 17.9. The Morgan fingerprint density at radius 2 is 1.83 bits per heavy atom. The van der Waals surface area contributed by atoms with Gasteiger partial charge in [-0.1, -0.05) is 11.6 Å². The molecular formula is C16H16ClFN2O3S. The van der Waals surface area contributed by atoms with Crippen molar-refractivity contribution in [2.45, 2.75) is 18.7 Å². The molecule has 0 saturated heterocycles. The largest absolute Gasteiger partial charge is 0.325 e. The van der Waals surface area contributed by atoms with Crippen LogP contribution in [0.3, 0.4) is 0 Å². The van der Waals surface area contributed by atoms with Gasteiger partial charge in [-0.25, -0.2) is 17.5 Å². The van der Waals surface area contributed by atoms with Crippen LogP contribution < -0.4 is 10.0 Å². The zero-order valence-corrected chi connectivity index (χ0v) is 14.6. The molecule has 0 spiro atoms. The number of amides is 1. The van der Waals surface area contributed by atoms with E-state index in [1.807, 2.05) is 0 Å². The first kappa shape index (κ1) is 18.4. The van der Waals surface area contributed by atoms with Crippen LogP contribution in [0.4, 0.5) is 10.1 Å². The highest BCUT2D eigenvalue weighted by atomic mass is 35.5. The second kappa shape index (κ2) is 7.29. The molecule has 2 aromatic rings. The average molecular weight is 371 g/mol. The van der Waals surface area contributed by atoms with Gasteiger partial charge in [0.1, 0.15) is 5.82 Å². The Morgan fingerprint density at radius 1 is 1.12 bits per heavy atom. The number of sulfonamides is 1. The van der Waals surface area contributed by atoms with E-state index >= 15 is 0 Å². The highest BCUT2D eigenvalue weighted by molar-refractivity contribution is 7.89. The van der Waals surface area contributed by atoms with Gasteiger partial charge in [-0.2, -0.15) is 0 Å². The molecule has 0 saturated carbocycles. The van der Waals surface area contributed by atoms with Crippen molar-refractivity contribution < 1.29 is 17.6 Å². The van der Waals surface area contributed by atoms with E-state index in [0.717, 1.165) is 23.8 Å². The smallest absolute Gasteiger partial charge is 0.241 e. The fraction of sp³-hybridized carbons (Fsp3) is 0.188. The third-order valence-corrected chi connectivity index (χ3v) is 5.11. The van der Waals surface area contributed by atoms with Crippen molar-refractivity contribution in [2.24, 2.45) is 0 Å². The molecule has 0 fully saturated rings. The van der Waals surface area contributed by atoms with Gasteiger partial charge in [0.15, 0.2) is 0 Å². The number of aryl methyl sites for hydroxylation is 2. The van der Waals surface area contributed by atoms with Gasteiger partial charge >= 0.3 is 0 Å². The van der Waals surface area contributed by atoms with Gasteiger partial charge in [0, 0.05) is 10.7 Å². The summed E-state index contributed by atoms with van der Waals surface area (Å²) in [7, 11) is -3.91. The Hall–Kier alpha value is -1.96. The SMILES string of the molecule is Cc1cc(Cl)ccc1NC(=O)CNS(=O)(=O)c1ccc(F)cc1C. The molecule has 0 atom stereocenters. The number of hydrogen-bond acceptors (Lipinski definition) is 3. The number of rotatable bonds is 5. The third-order valence-electron chi connectivity index (χ3n) is 3.31. The molecule has 2 rings (SSSR count). The number of hydrogen-bond donors (Lipinski definition) is 2. The number of anilines is 1. The van der Waals surface area contributed by atoms with Crippen molar-refractivity contribution in [3.05, 3.63) is 58.4 Å². The van der Waals surface area contributed by atoms with E-state index in [1.54, 1.807) is 25.1 Å². The Morgan fingerprint density at radius 3 is 2.46 bits per heavy atom. The van der Waals surface area contributed by atoms with Crippen LogP contribution >= 0.6 is 11.6 Å². The van der Waals surface area contributed by atoms with Crippen LogP contribution in [0.25, 0.3) is 0 Å². The van der Waals surface area contributed by atoms with Crippen LogP contribution in [-0.4, -0.2) is 20.9 Å². The van der Waals surface area contributed by atoms with Gasteiger partial charge < -0.3 is 5.32 Å². The maximum absolute atomic E-state index is 13.1. The Labute approximate surface area is 144 Å². The van der Waals surface area contributed by atoms with Crippen molar-refractivity contribution in [1.29, 1.82) is 0 Å². The molecule has 0 aliphatic carbocycles. The van der Waals surface area contributed by atoms with E-state index in [9.17, 15) is 17.6 Å². The van der Waals surface area contributed by atoms with Crippen molar-refractivity contribution in [1.82, 2.24) is 4.72 Å². The summed E-state index contributed by atoms with van der Waals surface area (Å²) in [6, 6.07) is 8.27. The third kappa shape index (κ3) is 4.53. The average Bonchev–Trinajstić information content (AvgIpc) is 2.48. The lowest BCUT2D eigenvalue weighted by molar-refractivity contribution is -0.115. The number of carbonyl (C=O) groups excluding carboxylic acids is 1. The molecule has 0 unspecified atom stereocenters. The zero-order valence-electron chi connectivity index (χ0n) is 13.1. The van der Waals surface area contributed by atoms with E-state index in [0.29, 0.717) is 10.7 Å². The standard InChI is InChI=1S/C16H16ClFN2O3S/c1-10-7-12(17)3-5-14(10)20-16(21)9-19-24(22,23)15-6-4-13(18)8-11(15)2/h3-8,19H,9H2,1-2H3,(H,20,21). The van der Waals surface area contributed by atoms with Gasteiger partial charge in [-0.15, -0.1) is 0 Å². The van der Waals surface area contributed by atoms with Crippen LogP contribution in [0.5, 0.6) is 0 Å². The molecule has 24 heavy (non-hydrogen) atoms. The maximum atomic E-state index is 13.1. The first-order valence-corrected chi connectivity index (χ1v) is 8.87. The quantitative estimate of drug-likeness (QED) is 0.849. The highest BCUT2D eigenvalue weighted by Crippen LogP contribution is 2.19. The van der Waals surface area contributed by atoms with Crippen LogP contribution in [0.2, 0.25) is 5.02 Å². The fourth-order valence-corrected chi connectivity index (χ4v) is 3.55. The van der Waals surface area contributed by atoms with E-state index in [4.69, 9.17) is 11.6 Å². The second-order valence-corrected chi connectivity index (χ2v) is 7.41. The molecule has 0 aromatic heterocycles. The minimum absolute atomic E-state index is 0.0700. The van der Waals surface area contributed by atoms with Crippen molar-refractivity contribution in [3.63, 3.8) is 0 Å². The van der Waals surface area contributed by atoms with Crippen LogP contribution in [0.15, 0.2) is 41.3 Å². The lowest BCUT2D eigenvalue weighted by Crippen LogP contribution is -2.33. The number of halogens is 2. The molecule has 2 N–H and O–H groups in total. The molecule has 8 heteroatoms. The first-order chi connectivity index (χ1) is 11.2. The van der Waals surface area contributed by atoms with Crippen LogP contribution in [0.1, 0.15) is 11.1 Å². The molecule has 128 valence electrons. The second-order valence-electron chi connectivity index (χ2n) is 5.24. The van der Waals surface area contributed by atoms with Crippen molar-refractivity contribution in [2.75, 3.05) is 11.9 Å². The van der Waals surface area contributed by atoms with Gasteiger partial charge in [0.25, 0.3) is 0 Å².